The van der Waals surface area contributed by atoms with E-state index in [-0.39, 0.29) is 11.9 Å². The lowest BCUT2D eigenvalue weighted by Crippen LogP contribution is -2.57. The monoisotopic (exact) mass is 338 g/mol. The third kappa shape index (κ3) is 4.35. The van der Waals surface area contributed by atoms with Gasteiger partial charge in [-0.25, -0.2) is 4.79 Å². The Bertz CT molecular complexity index is 713. The van der Waals surface area contributed by atoms with Crippen LogP contribution in [0.1, 0.15) is 31.2 Å². The maximum Gasteiger partial charge on any atom is 0.315 e. The van der Waals surface area contributed by atoms with Gasteiger partial charge in [0.05, 0.1) is 0 Å². The van der Waals surface area contributed by atoms with Crippen LogP contribution in [0.25, 0.3) is 0 Å². The van der Waals surface area contributed by atoms with Crippen LogP contribution >= 0.6 is 0 Å². The number of amides is 3. The van der Waals surface area contributed by atoms with Crippen molar-refractivity contribution < 1.29 is 9.59 Å². The Labute approximate surface area is 147 Å². The van der Waals surface area contributed by atoms with Crippen molar-refractivity contribution in [1.29, 1.82) is 0 Å². The molecule has 1 heterocycles. The Balaban J connectivity index is 1.61. The standard InChI is InChI=1S/C19H22N4O2/c24-17(22-16-8-12-20-13-9-16)19(10-4-5-11-19)23-18(25)21-14-15-6-2-1-3-7-15/h1-3,6-9,12-13H,4-5,10-11,14H2,(H,20,22,24)(H2,21,23,25). The van der Waals surface area contributed by atoms with Gasteiger partial charge >= 0.3 is 6.03 Å². The minimum atomic E-state index is -0.857. The molecule has 25 heavy (non-hydrogen) atoms. The van der Waals surface area contributed by atoms with Gasteiger partial charge in [-0.15, -0.1) is 0 Å². The zero-order chi connectivity index (χ0) is 17.5. The number of urea groups is 1. The van der Waals surface area contributed by atoms with E-state index in [1.807, 2.05) is 30.3 Å². The fraction of sp³-hybridized carbons (Fsp3) is 0.316. The molecule has 0 spiro atoms. The predicted molar refractivity (Wildman–Crippen MR) is 95.9 cm³/mol. The van der Waals surface area contributed by atoms with E-state index in [2.05, 4.69) is 20.9 Å². The van der Waals surface area contributed by atoms with Crippen LogP contribution in [0.15, 0.2) is 54.9 Å². The number of benzene rings is 1. The summed E-state index contributed by atoms with van der Waals surface area (Å²) >= 11 is 0. The lowest BCUT2D eigenvalue weighted by atomic mass is 9.96. The Morgan fingerprint density at radius 3 is 2.36 bits per heavy atom. The van der Waals surface area contributed by atoms with Gasteiger partial charge in [0.2, 0.25) is 5.91 Å². The van der Waals surface area contributed by atoms with E-state index in [1.165, 1.54) is 0 Å². The van der Waals surface area contributed by atoms with Gasteiger partial charge in [-0.3, -0.25) is 9.78 Å². The molecule has 6 heteroatoms. The van der Waals surface area contributed by atoms with Crippen molar-refractivity contribution in [1.82, 2.24) is 15.6 Å². The van der Waals surface area contributed by atoms with E-state index in [0.717, 1.165) is 18.4 Å². The van der Waals surface area contributed by atoms with Crippen LogP contribution in [-0.4, -0.2) is 22.5 Å². The smallest absolute Gasteiger partial charge is 0.315 e. The predicted octanol–water partition coefficient (Wildman–Crippen LogP) is 2.83. The van der Waals surface area contributed by atoms with Crippen molar-refractivity contribution in [2.24, 2.45) is 0 Å². The molecule has 3 amide bonds. The molecule has 1 aliphatic carbocycles. The van der Waals surface area contributed by atoms with E-state index < -0.39 is 5.54 Å². The van der Waals surface area contributed by atoms with Crippen molar-refractivity contribution in [3.05, 3.63) is 60.4 Å². The number of hydrogen-bond acceptors (Lipinski definition) is 3. The number of pyridine rings is 1. The Hall–Kier alpha value is -2.89. The van der Waals surface area contributed by atoms with Crippen LogP contribution in [0.5, 0.6) is 0 Å². The number of carbonyl (C=O) groups excluding carboxylic acids is 2. The van der Waals surface area contributed by atoms with Crippen molar-refractivity contribution in [2.75, 3.05) is 5.32 Å². The molecule has 0 aliphatic heterocycles. The molecule has 1 aromatic carbocycles. The summed E-state index contributed by atoms with van der Waals surface area (Å²) in [7, 11) is 0. The summed E-state index contributed by atoms with van der Waals surface area (Å²) in [6.07, 6.45) is 6.37. The fourth-order valence-corrected chi connectivity index (χ4v) is 3.11. The zero-order valence-corrected chi connectivity index (χ0v) is 14.0. The first kappa shape index (κ1) is 17.0. The largest absolute Gasteiger partial charge is 0.334 e. The van der Waals surface area contributed by atoms with Gasteiger partial charge in [0, 0.05) is 24.6 Å². The molecule has 3 rings (SSSR count). The zero-order valence-electron chi connectivity index (χ0n) is 14.0. The van der Waals surface area contributed by atoms with Gasteiger partial charge in [-0.05, 0) is 30.5 Å². The fourth-order valence-electron chi connectivity index (χ4n) is 3.11. The highest BCUT2D eigenvalue weighted by Crippen LogP contribution is 2.31. The first-order valence-corrected chi connectivity index (χ1v) is 8.49. The average molecular weight is 338 g/mol. The minimum absolute atomic E-state index is 0.175. The molecule has 1 aromatic heterocycles. The van der Waals surface area contributed by atoms with Crippen LogP contribution in [0, 0.1) is 0 Å². The molecular formula is C19H22N4O2. The molecule has 1 fully saturated rings. The highest BCUT2D eigenvalue weighted by molar-refractivity contribution is 6.00. The molecule has 0 atom stereocenters. The quantitative estimate of drug-likeness (QED) is 0.784. The summed E-state index contributed by atoms with van der Waals surface area (Å²) < 4.78 is 0. The van der Waals surface area contributed by atoms with E-state index in [9.17, 15) is 9.59 Å². The summed E-state index contributed by atoms with van der Waals surface area (Å²) in [6, 6.07) is 12.8. The van der Waals surface area contributed by atoms with Gasteiger partial charge < -0.3 is 16.0 Å². The number of nitrogens with one attached hydrogen (secondary N) is 3. The summed E-state index contributed by atoms with van der Waals surface area (Å²) in [5.41, 5.74) is 0.835. The van der Waals surface area contributed by atoms with Gasteiger partial charge in [0.1, 0.15) is 5.54 Å². The van der Waals surface area contributed by atoms with Crippen molar-refractivity contribution >= 4 is 17.6 Å². The molecule has 6 nitrogen and oxygen atoms in total. The van der Waals surface area contributed by atoms with Crippen molar-refractivity contribution in [2.45, 2.75) is 37.8 Å². The maximum absolute atomic E-state index is 12.8. The van der Waals surface area contributed by atoms with Crippen LogP contribution < -0.4 is 16.0 Å². The molecular weight excluding hydrogens is 316 g/mol. The van der Waals surface area contributed by atoms with Crippen LogP contribution in [0.3, 0.4) is 0 Å². The summed E-state index contributed by atoms with van der Waals surface area (Å²) in [5.74, 6) is -0.175. The second-order valence-corrected chi connectivity index (χ2v) is 6.27. The molecule has 0 bridgehead atoms. The third-order valence-corrected chi connectivity index (χ3v) is 4.48. The maximum atomic E-state index is 12.8. The Morgan fingerprint density at radius 2 is 1.68 bits per heavy atom. The first-order chi connectivity index (χ1) is 12.2. The van der Waals surface area contributed by atoms with Crippen molar-refractivity contribution in [3.63, 3.8) is 0 Å². The number of hydrogen-bond donors (Lipinski definition) is 3. The van der Waals surface area contributed by atoms with Gasteiger partial charge in [0.15, 0.2) is 0 Å². The SMILES string of the molecule is O=C(NCc1ccccc1)NC1(C(=O)Nc2ccncc2)CCCC1. The minimum Gasteiger partial charge on any atom is -0.334 e. The molecule has 0 radical (unpaired) electrons. The summed E-state index contributed by atoms with van der Waals surface area (Å²) in [5, 5.41) is 8.62. The van der Waals surface area contributed by atoms with E-state index in [4.69, 9.17) is 0 Å². The van der Waals surface area contributed by atoms with E-state index >= 15 is 0 Å². The summed E-state index contributed by atoms with van der Waals surface area (Å²) in [6.45, 7) is 0.425. The highest BCUT2D eigenvalue weighted by atomic mass is 16.2. The first-order valence-electron chi connectivity index (χ1n) is 8.49. The lowest BCUT2D eigenvalue weighted by molar-refractivity contribution is -0.121. The lowest BCUT2D eigenvalue weighted by Gasteiger charge is -2.29. The topological polar surface area (TPSA) is 83.1 Å². The second kappa shape index (κ2) is 7.79. The number of carbonyl (C=O) groups is 2. The second-order valence-electron chi connectivity index (χ2n) is 6.27. The van der Waals surface area contributed by atoms with Crippen LogP contribution in [-0.2, 0) is 11.3 Å². The molecule has 2 aromatic rings. The Morgan fingerprint density at radius 1 is 1.00 bits per heavy atom. The number of rotatable bonds is 5. The van der Waals surface area contributed by atoms with Gasteiger partial charge in [0.25, 0.3) is 0 Å². The molecule has 130 valence electrons. The summed E-state index contributed by atoms with van der Waals surface area (Å²) in [4.78, 5) is 29.0. The normalized spacial score (nSPS) is 15.4. The average Bonchev–Trinajstić information content (AvgIpc) is 3.11. The number of aromatic nitrogens is 1. The molecule has 0 unspecified atom stereocenters. The van der Waals surface area contributed by atoms with Crippen LogP contribution in [0.4, 0.5) is 10.5 Å². The van der Waals surface area contributed by atoms with Gasteiger partial charge in [-0.2, -0.15) is 0 Å². The molecule has 3 N–H and O–H groups in total. The molecule has 1 aliphatic rings. The van der Waals surface area contributed by atoms with Crippen LogP contribution in [0.2, 0.25) is 0 Å². The Kier molecular flexibility index (Phi) is 5.28. The van der Waals surface area contributed by atoms with E-state index in [0.29, 0.717) is 25.1 Å². The van der Waals surface area contributed by atoms with E-state index in [1.54, 1.807) is 24.5 Å². The third-order valence-electron chi connectivity index (χ3n) is 4.48. The molecule has 0 saturated heterocycles. The van der Waals surface area contributed by atoms with Gasteiger partial charge in [-0.1, -0.05) is 43.2 Å². The number of nitrogens with zero attached hydrogens (tertiary/aromatic N) is 1. The molecule has 1 saturated carbocycles. The van der Waals surface area contributed by atoms with Crippen molar-refractivity contribution in [3.8, 4) is 0 Å². The number of anilines is 1. The highest BCUT2D eigenvalue weighted by Gasteiger charge is 2.42.